The van der Waals surface area contributed by atoms with Gasteiger partial charge in [0.15, 0.2) is 0 Å². The molecule has 3 rings (SSSR count). The molecule has 22 heavy (non-hydrogen) atoms. The SMILES string of the molecule is Cc1ccc(S(=O)(=O)N2CCOC[C@@]3(CCN(C)C3)C2)cc1. The first-order chi connectivity index (χ1) is 10.4. The van der Waals surface area contributed by atoms with Crippen molar-refractivity contribution in [3.63, 3.8) is 0 Å². The van der Waals surface area contributed by atoms with Gasteiger partial charge in [-0.15, -0.1) is 0 Å². The monoisotopic (exact) mass is 324 g/mol. The van der Waals surface area contributed by atoms with Crippen LogP contribution in [0.15, 0.2) is 29.2 Å². The maximum Gasteiger partial charge on any atom is 0.243 e. The summed E-state index contributed by atoms with van der Waals surface area (Å²) >= 11 is 0. The average Bonchev–Trinajstić information content (AvgIpc) is 2.70. The highest BCUT2D eigenvalue weighted by atomic mass is 32.2. The lowest BCUT2D eigenvalue weighted by Crippen LogP contribution is -2.43. The third kappa shape index (κ3) is 3.06. The number of sulfonamides is 1. The van der Waals surface area contributed by atoms with E-state index < -0.39 is 10.0 Å². The second-order valence-corrected chi connectivity index (χ2v) is 8.63. The zero-order chi connectivity index (χ0) is 15.8. The van der Waals surface area contributed by atoms with Gasteiger partial charge in [-0.1, -0.05) is 17.7 Å². The summed E-state index contributed by atoms with van der Waals surface area (Å²) < 4.78 is 33.2. The number of hydrogen-bond donors (Lipinski definition) is 0. The van der Waals surface area contributed by atoms with Gasteiger partial charge in [-0.3, -0.25) is 0 Å². The van der Waals surface area contributed by atoms with Crippen molar-refractivity contribution in [2.75, 3.05) is 46.4 Å². The highest BCUT2D eigenvalue weighted by molar-refractivity contribution is 7.89. The van der Waals surface area contributed by atoms with Gasteiger partial charge in [0.1, 0.15) is 0 Å². The van der Waals surface area contributed by atoms with Crippen molar-refractivity contribution in [1.29, 1.82) is 0 Å². The van der Waals surface area contributed by atoms with Gasteiger partial charge in [0.05, 0.1) is 18.1 Å². The number of rotatable bonds is 2. The van der Waals surface area contributed by atoms with E-state index in [1.165, 1.54) is 0 Å². The Bertz CT molecular complexity index is 629. The van der Waals surface area contributed by atoms with E-state index in [4.69, 9.17) is 4.74 Å². The standard InChI is InChI=1S/C16H24N2O3S/c1-14-3-5-15(6-4-14)22(19,20)18-9-10-21-13-16(12-18)7-8-17(2)11-16/h3-6H,7-13H2,1-2H3/t16-/m1/s1. The van der Waals surface area contributed by atoms with E-state index in [-0.39, 0.29) is 5.41 Å². The number of likely N-dealkylation sites (tertiary alicyclic amines) is 1. The highest BCUT2D eigenvalue weighted by Gasteiger charge is 2.42. The van der Waals surface area contributed by atoms with Crippen LogP contribution >= 0.6 is 0 Å². The van der Waals surface area contributed by atoms with Crippen molar-refractivity contribution in [1.82, 2.24) is 9.21 Å². The summed E-state index contributed by atoms with van der Waals surface area (Å²) in [4.78, 5) is 2.63. The maximum atomic E-state index is 12.9. The van der Waals surface area contributed by atoms with Gasteiger partial charge in [-0.05, 0) is 39.1 Å². The molecule has 1 aromatic carbocycles. The van der Waals surface area contributed by atoms with E-state index in [0.717, 1.165) is 25.1 Å². The second kappa shape index (κ2) is 5.92. The van der Waals surface area contributed by atoms with Crippen molar-refractivity contribution in [2.24, 2.45) is 5.41 Å². The number of benzene rings is 1. The van der Waals surface area contributed by atoms with Crippen LogP contribution in [-0.2, 0) is 14.8 Å². The normalized spacial score (nSPS) is 28.1. The lowest BCUT2D eigenvalue weighted by molar-refractivity contribution is 0.0744. The molecule has 0 aromatic heterocycles. The molecule has 2 saturated heterocycles. The Hall–Kier alpha value is -0.950. The quantitative estimate of drug-likeness (QED) is 0.824. The zero-order valence-corrected chi connectivity index (χ0v) is 14.1. The molecule has 1 atom stereocenters. The second-order valence-electron chi connectivity index (χ2n) is 6.69. The third-order valence-electron chi connectivity index (χ3n) is 4.69. The number of ether oxygens (including phenoxy) is 1. The Labute approximate surface area is 132 Å². The minimum atomic E-state index is -3.45. The van der Waals surface area contributed by atoms with Gasteiger partial charge in [0.2, 0.25) is 10.0 Å². The molecule has 1 aromatic rings. The minimum absolute atomic E-state index is 0.0665. The molecule has 2 aliphatic heterocycles. The Morgan fingerprint density at radius 3 is 2.50 bits per heavy atom. The molecule has 5 nitrogen and oxygen atoms in total. The Balaban J connectivity index is 1.87. The number of nitrogens with zero attached hydrogens (tertiary/aromatic N) is 2. The predicted octanol–water partition coefficient (Wildman–Crippen LogP) is 1.34. The van der Waals surface area contributed by atoms with E-state index in [1.54, 1.807) is 16.4 Å². The summed E-state index contributed by atoms with van der Waals surface area (Å²) in [6.07, 6.45) is 0.990. The molecule has 2 fully saturated rings. The summed E-state index contributed by atoms with van der Waals surface area (Å²) in [5, 5.41) is 0. The fraction of sp³-hybridized carbons (Fsp3) is 0.625. The van der Waals surface area contributed by atoms with Gasteiger partial charge in [-0.25, -0.2) is 8.42 Å². The summed E-state index contributed by atoms with van der Waals surface area (Å²) in [5.74, 6) is 0. The summed E-state index contributed by atoms with van der Waals surface area (Å²) in [6.45, 7) is 5.96. The zero-order valence-electron chi connectivity index (χ0n) is 13.3. The van der Waals surface area contributed by atoms with Crippen molar-refractivity contribution < 1.29 is 13.2 Å². The predicted molar refractivity (Wildman–Crippen MR) is 85.3 cm³/mol. The van der Waals surface area contributed by atoms with Crippen LogP contribution in [0.5, 0.6) is 0 Å². The molecule has 2 aliphatic rings. The first kappa shape index (κ1) is 15.9. The van der Waals surface area contributed by atoms with E-state index in [0.29, 0.717) is 31.2 Å². The molecule has 6 heteroatoms. The molecule has 0 amide bonds. The van der Waals surface area contributed by atoms with Crippen LogP contribution in [-0.4, -0.2) is 64.1 Å². The molecule has 0 unspecified atom stereocenters. The summed E-state index contributed by atoms with van der Waals surface area (Å²) in [6, 6.07) is 7.09. The van der Waals surface area contributed by atoms with Crippen LogP contribution in [0.2, 0.25) is 0 Å². The molecule has 1 spiro atoms. The van der Waals surface area contributed by atoms with Crippen molar-refractivity contribution in [3.8, 4) is 0 Å². The van der Waals surface area contributed by atoms with Crippen LogP contribution in [0.25, 0.3) is 0 Å². The lowest BCUT2D eigenvalue weighted by Gasteiger charge is -2.31. The third-order valence-corrected chi connectivity index (χ3v) is 6.55. The Morgan fingerprint density at radius 1 is 1.14 bits per heavy atom. The van der Waals surface area contributed by atoms with E-state index in [1.807, 2.05) is 19.1 Å². The smallest absolute Gasteiger partial charge is 0.243 e. The maximum absolute atomic E-state index is 12.9. The van der Waals surface area contributed by atoms with Crippen molar-refractivity contribution in [3.05, 3.63) is 29.8 Å². The molecule has 0 aliphatic carbocycles. The van der Waals surface area contributed by atoms with Gasteiger partial charge >= 0.3 is 0 Å². The largest absolute Gasteiger partial charge is 0.379 e. The van der Waals surface area contributed by atoms with E-state index in [2.05, 4.69) is 11.9 Å². The van der Waals surface area contributed by atoms with Crippen LogP contribution < -0.4 is 0 Å². The van der Waals surface area contributed by atoms with Crippen molar-refractivity contribution >= 4 is 10.0 Å². The average molecular weight is 324 g/mol. The Morgan fingerprint density at radius 2 is 1.86 bits per heavy atom. The summed E-state index contributed by atoms with van der Waals surface area (Å²) in [5.41, 5.74) is 0.996. The molecule has 0 bridgehead atoms. The minimum Gasteiger partial charge on any atom is -0.379 e. The lowest BCUT2D eigenvalue weighted by atomic mass is 9.88. The van der Waals surface area contributed by atoms with Crippen LogP contribution in [0.1, 0.15) is 12.0 Å². The fourth-order valence-corrected chi connectivity index (χ4v) is 4.96. The molecule has 0 saturated carbocycles. The summed E-state index contributed by atoms with van der Waals surface area (Å²) in [7, 11) is -1.37. The first-order valence-electron chi connectivity index (χ1n) is 7.75. The fourth-order valence-electron chi connectivity index (χ4n) is 3.42. The molecule has 122 valence electrons. The van der Waals surface area contributed by atoms with Crippen LogP contribution in [0.4, 0.5) is 0 Å². The van der Waals surface area contributed by atoms with Gasteiger partial charge in [-0.2, -0.15) is 4.31 Å². The topological polar surface area (TPSA) is 49.9 Å². The Kier molecular flexibility index (Phi) is 4.29. The number of aryl methyl sites for hydroxylation is 1. The first-order valence-corrected chi connectivity index (χ1v) is 9.19. The molecular weight excluding hydrogens is 300 g/mol. The molecule has 2 heterocycles. The van der Waals surface area contributed by atoms with Gasteiger partial charge in [0.25, 0.3) is 0 Å². The molecule has 0 N–H and O–H groups in total. The van der Waals surface area contributed by atoms with E-state index >= 15 is 0 Å². The van der Waals surface area contributed by atoms with Crippen LogP contribution in [0, 0.1) is 12.3 Å². The molecule has 0 radical (unpaired) electrons. The van der Waals surface area contributed by atoms with Gasteiger partial charge < -0.3 is 9.64 Å². The van der Waals surface area contributed by atoms with Gasteiger partial charge in [0, 0.05) is 25.0 Å². The van der Waals surface area contributed by atoms with Crippen LogP contribution in [0.3, 0.4) is 0 Å². The van der Waals surface area contributed by atoms with E-state index in [9.17, 15) is 8.42 Å². The number of hydrogen-bond acceptors (Lipinski definition) is 4. The van der Waals surface area contributed by atoms with Crippen molar-refractivity contribution in [2.45, 2.75) is 18.2 Å². The molecular formula is C16H24N2O3S. The highest BCUT2D eigenvalue weighted by Crippen LogP contribution is 2.34.